The molecule has 0 aliphatic heterocycles. The molecule has 13 heavy (non-hydrogen) atoms. The predicted octanol–water partition coefficient (Wildman–Crippen LogP) is 1.44. The molecular formula is C9H13NO2S. The van der Waals surface area contributed by atoms with Crippen LogP contribution in [0.15, 0.2) is 12.1 Å². The lowest BCUT2D eigenvalue weighted by Crippen LogP contribution is -2.09. The number of hydrogen-bond acceptors (Lipinski definition) is 3. The van der Waals surface area contributed by atoms with Gasteiger partial charge in [0.05, 0.1) is 6.42 Å². The van der Waals surface area contributed by atoms with E-state index in [-0.39, 0.29) is 6.42 Å². The molecule has 0 spiro atoms. The molecule has 3 nitrogen and oxygen atoms in total. The number of carbonyl (C=O) groups is 1. The van der Waals surface area contributed by atoms with Crippen molar-refractivity contribution >= 4 is 17.3 Å². The van der Waals surface area contributed by atoms with E-state index in [1.807, 2.05) is 26.2 Å². The quantitative estimate of drug-likeness (QED) is 0.797. The van der Waals surface area contributed by atoms with E-state index in [2.05, 4.69) is 4.90 Å². The van der Waals surface area contributed by atoms with Gasteiger partial charge in [0.25, 0.3) is 0 Å². The van der Waals surface area contributed by atoms with Crippen LogP contribution in [0.1, 0.15) is 9.75 Å². The van der Waals surface area contributed by atoms with Crippen molar-refractivity contribution in [3.8, 4) is 0 Å². The highest BCUT2D eigenvalue weighted by Crippen LogP contribution is 2.17. The van der Waals surface area contributed by atoms with Gasteiger partial charge in [-0.25, -0.2) is 0 Å². The van der Waals surface area contributed by atoms with Gasteiger partial charge in [-0.05, 0) is 26.2 Å². The number of rotatable bonds is 4. The molecule has 0 unspecified atom stereocenters. The third-order valence-corrected chi connectivity index (χ3v) is 2.58. The van der Waals surface area contributed by atoms with E-state index in [1.54, 1.807) is 11.3 Å². The second kappa shape index (κ2) is 4.39. The van der Waals surface area contributed by atoms with E-state index < -0.39 is 5.97 Å². The van der Waals surface area contributed by atoms with Crippen molar-refractivity contribution < 1.29 is 9.90 Å². The van der Waals surface area contributed by atoms with Gasteiger partial charge in [0, 0.05) is 16.3 Å². The molecular weight excluding hydrogens is 186 g/mol. The van der Waals surface area contributed by atoms with Crippen LogP contribution in [0.4, 0.5) is 0 Å². The predicted molar refractivity (Wildman–Crippen MR) is 53.0 cm³/mol. The summed E-state index contributed by atoms with van der Waals surface area (Å²) in [6.45, 7) is 0.879. The Balaban J connectivity index is 2.58. The molecule has 72 valence electrons. The van der Waals surface area contributed by atoms with Gasteiger partial charge in [-0.3, -0.25) is 4.79 Å². The van der Waals surface area contributed by atoms with Gasteiger partial charge in [0.2, 0.25) is 0 Å². The van der Waals surface area contributed by atoms with Gasteiger partial charge >= 0.3 is 5.97 Å². The first-order chi connectivity index (χ1) is 6.08. The smallest absolute Gasteiger partial charge is 0.308 e. The number of carboxylic acids is 1. The third-order valence-electron chi connectivity index (χ3n) is 1.51. The molecule has 1 aromatic rings. The molecule has 0 amide bonds. The molecule has 0 saturated heterocycles. The number of thiophene rings is 1. The van der Waals surface area contributed by atoms with Crippen molar-refractivity contribution in [3.63, 3.8) is 0 Å². The minimum atomic E-state index is -0.766. The van der Waals surface area contributed by atoms with Crippen LogP contribution in [0.2, 0.25) is 0 Å². The Bertz CT molecular complexity index is 294. The van der Waals surface area contributed by atoms with Gasteiger partial charge in [0.1, 0.15) is 0 Å². The molecule has 4 heteroatoms. The summed E-state index contributed by atoms with van der Waals surface area (Å²) in [6, 6.07) is 3.88. The standard InChI is InChI=1S/C9H13NO2S/c1-10(2)6-8-4-3-7(13-8)5-9(11)12/h3-4H,5-6H2,1-2H3,(H,11,12). The Morgan fingerprint density at radius 3 is 2.62 bits per heavy atom. The molecule has 0 aromatic carbocycles. The molecule has 0 aliphatic rings. The molecule has 1 N–H and O–H groups in total. The lowest BCUT2D eigenvalue weighted by atomic mass is 10.3. The summed E-state index contributed by atoms with van der Waals surface area (Å²) in [7, 11) is 3.99. The fraction of sp³-hybridized carbons (Fsp3) is 0.444. The highest BCUT2D eigenvalue weighted by Gasteiger charge is 2.04. The zero-order chi connectivity index (χ0) is 9.84. The van der Waals surface area contributed by atoms with Gasteiger partial charge in [-0.15, -0.1) is 11.3 Å². The van der Waals surface area contributed by atoms with E-state index in [0.29, 0.717) is 0 Å². The van der Waals surface area contributed by atoms with Gasteiger partial charge < -0.3 is 10.0 Å². The maximum Gasteiger partial charge on any atom is 0.308 e. The Morgan fingerprint density at radius 2 is 2.08 bits per heavy atom. The Morgan fingerprint density at radius 1 is 1.46 bits per heavy atom. The lowest BCUT2D eigenvalue weighted by molar-refractivity contribution is -0.136. The van der Waals surface area contributed by atoms with Gasteiger partial charge in [-0.1, -0.05) is 0 Å². The fourth-order valence-corrected chi connectivity index (χ4v) is 2.19. The van der Waals surface area contributed by atoms with Crippen LogP contribution < -0.4 is 0 Å². The first kappa shape index (κ1) is 10.2. The second-order valence-corrected chi connectivity index (χ2v) is 4.43. The van der Waals surface area contributed by atoms with E-state index in [4.69, 9.17) is 5.11 Å². The average Bonchev–Trinajstić information content (AvgIpc) is 2.33. The van der Waals surface area contributed by atoms with E-state index >= 15 is 0 Å². The number of hydrogen-bond donors (Lipinski definition) is 1. The van der Waals surface area contributed by atoms with Crippen LogP contribution >= 0.6 is 11.3 Å². The molecule has 1 rings (SSSR count). The highest BCUT2D eigenvalue weighted by molar-refractivity contribution is 7.12. The largest absolute Gasteiger partial charge is 0.481 e. The molecule has 0 radical (unpaired) electrons. The van der Waals surface area contributed by atoms with E-state index in [0.717, 1.165) is 11.4 Å². The maximum absolute atomic E-state index is 10.4. The minimum absolute atomic E-state index is 0.137. The third kappa shape index (κ3) is 3.57. The van der Waals surface area contributed by atoms with Crippen LogP contribution in [0.25, 0.3) is 0 Å². The van der Waals surface area contributed by atoms with Crippen molar-refractivity contribution in [2.24, 2.45) is 0 Å². The average molecular weight is 199 g/mol. The molecule has 0 bridgehead atoms. The molecule has 1 aromatic heterocycles. The molecule has 1 heterocycles. The minimum Gasteiger partial charge on any atom is -0.481 e. The van der Waals surface area contributed by atoms with Crippen molar-refractivity contribution in [1.82, 2.24) is 4.90 Å². The molecule has 0 atom stereocenters. The van der Waals surface area contributed by atoms with Crippen LogP contribution in [0.3, 0.4) is 0 Å². The molecule has 0 fully saturated rings. The van der Waals surface area contributed by atoms with Crippen LogP contribution in [0, 0.1) is 0 Å². The fourth-order valence-electron chi connectivity index (χ4n) is 1.06. The summed E-state index contributed by atoms with van der Waals surface area (Å²) in [6.07, 6.45) is 0.137. The zero-order valence-corrected chi connectivity index (χ0v) is 8.60. The molecule has 0 aliphatic carbocycles. The van der Waals surface area contributed by atoms with Crippen LogP contribution in [-0.4, -0.2) is 30.1 Å². The van der Waals surface area contributed by atoms with Crippen LogP contribution in [-0.2, 0) is 17.8 Å². The van der Waals surface area contributed by atoms with Crippen molar-refractivity contribution in [2.75, 3.05) is 14.1 Å². The summed E-state index contributed by atoms with van der Waals surface area (Å²) in [5, 5.41) is 8.55. The topological polar surface area (TPSA) is 40.5 Å². The number of carboxylic acid groups (broad SMARTS) is 1. The number of nitrogens with zero attached hydrogens (tertiary/aromatic N) is 1. The monoisotopic (exact) mass is 199 g/mol. The van der Waals surface area contributed by atoms with Crippen LogP contribution in [0.5, 0.6) is 0 Å². The Labute approximate surface area is 81.6 Å². The second-order valence-electron chi connectivity index (χ2n) is 3.18. The Hall–Kier alpha value is -0.870. The zero-order valence-electron chi connectivity index (χ0n) is 7.78. The van der Waals surface area contributed by atoms with Crippen molar-refractivity contribution in [2.45, 2.75) is 13.0 Å². The van der Waals surface area contributed by atoms with Gasteiger partial charge in [0.15, 0.2) is 0 Å². The lowest BCUT2D eigenvalue weighted by Gasteiger charge is -2.05. The van der Waals surface area contributed by atoms with Crippen molar-refractivity contribution in [3.05, 3.63) is 21.9 Å². The Kier molecular flexibility index (Phi) is 3.45. The summed E-state index contributed by atoms with van der Waals surface area (Å²) in [5.74, 6) is -0.766. The van der Waals surface area contributed by atoms with E-state index in [9.17, 15) is 4.79 Å². The van der Waals surface area contributed by atoms with Gasteiger partial charge in [-0.2, -0.15) is 0 Å². The first-order valence-electron chi connectivity index (χ1n) is 4.02. The number of aliphatic carboxylic acids is 1. The summed E-state index contributed by atoms with van der Waals surface area (Å²) < 4.78 is 0. The summed E-state index contributed by atoms with van der Waals surface area (Å²) >= 11 is 1.57. The first-order valence-corrected chi connectivity index (χ1v) is 4.83. The highest BCUT2D eigenvalue weighted by atomic mass is 32.1. The maximum atomic E-state index is 10.4. The molecule has 0 saturated carbocycles. The normalized spacial score (nSPS) is 10.7. The van der Waals surface area contributed by atoms with E-state index in [1.165, 1.54) is 4.88 Å². The summed E-state index contributed by atoms with van der Waals surface area (Å²) in [4.78, 5) is 14.6. The van der Waals surface area contributed by atoms with Crippen molar-refractivity contribution in [1.29, 1.82) is 0 Å². The SMILES string of the molecule is CN(C)Cc1ccc(CC(=O)O)s1. The summed E-state index contributed by atoms with van der Waals surface area (Å²) in [5.41, 5.74) is 0.